The molecule has 0 saturated carbocycles. The van der Waals surface area contributed by atoms with Gasteiger partial charge in [0, 0.05) is 29.7 Å². The van der Waals surface area contributed by atoms with Crippen LogP contribution in [0.4, 0.5) is 0 Å². The summed E-state index contributed by atoms with van der Waals surface area (Å²) < 4.78 is 11.3. The van der Waals surface area contributed by atoms with Gasteiger partial charge in [0.05, 0.1) is 18.5 Å². The normalized spacial score (nSPS) is 26.4. The third kappa shape index (κ3) is 3.44. The molecule has 0 N–H and O–H groups in total. The minimum Gasteiger partial charge on any atom is -0.423 e. The number of rotatable bonds is 3. The maximum absolute atomic E-state index is 12.8. The fraction of sp³-hybridized carbons (Fsp3) is 0.786. The van der Waals surface area contributed by atoms with Gasteiger partial charge < -0.3 is 14.1 Å². The minimum absolute atomic E-state index is 0.0341. The molecule has 0 spiro atoms. The quantitative estimate of drug-likeness (QED) is 0.831. The molecule has 2 saturated heterocycles. The van der Waals surface area contributed by atoms with Gasteiger partial charge in [0.1, 0.15) is 6.04 Å². The van der Waals surface area contributed by atoms with Crippen LogP contribution in [-0.2, 0) is 9.53 Å². The van der Waals surface area contributed by atoms with E-state index in [1.807, 2.05) is 30.5 Å². The van der Waals surface area contributed by atoms with Crippen molar-refractivity contribution in [2.75, 3.05) is 37.0 Å². The number of nitrogens with zero attached hydrogens (tertiary/aromatic N) is 3. The largest absolute Gasteiger partial charge is 0.423 e. The van der Waals surface area contributed by atoms with Crippen molar-refractivity contribution in [3.05, 3.63) is 11.8 Å². The van der Waals surface area contributed by atoms with Crippen molar-refractivity contribution in [3.63, 3.8) is 0 Å². The fourth-order valence-corrected chi connectivity index (χ4v) is 5.12. The van der Waals surface area contributed by atoms with Crippen LogP contribution in [0.15, 0.2) is 4.42 Å². The molecule has 1 aromatic rings. The first kappa shape index (κ1) is 16.1. The van der Waals surface area contributed by atoms with E-state index in [-0.39, 0.29) is 23.1 Å². The molecular weight excluding hydrogens is 322 g/mol. The number of amides is 1. The van der Waals surface area contributed by atoms with Crippen LogP contribution in [0.1, 0.15) is 37.6 Å². The van der Waals surface area contributed by atoms with Crippen molar-refractivity contribution in [3.8, 4) is 0 Å². The molecule has 0 aliphatic carbocycles. The van der Waals surface area contributed by atoms with Crippen LogP contribution in [-0.4, -0.2) is 63.3 Å². The summed E-state index contributed by atoms with van der Waals surface area (Å²) in [6.07, 6.45) is 0. The van der Waals surface area contributed by atoms with Crippen LogP contribution in [0, 0.1) is 0 Å². The van der Waals surface area contributed by atoms with Crippen LogP contribution in [0.25, 0.3) is 0 Å². The molecule has 3 heterocycles. The predicted octanol–water partition coefficient (Wildman–Crippen LogP) is 1.94. The number of thioether (sulfide) groups is 2. The summed E-state index contributed by atoms with van der Waals surface area (Å²) >= 11 is 3.60. The standard InChI is InChI=1S/C14H21N3O3S2/c1-9(2)12-15-16-13(20-12)10-7-19-4-3-17(10)14(18)11-8-21-5-6-22-11/h9-11H,3-8H2,1-2H3/t10-,11+/m0/s1. The monoisotopic (exact) mass is 343 g/mol. The summed E-state index contributed by atoms with van der Waals surface area (Å²) in [4.78, 5) is 14.7. The summed E-state index contributed by atoms with van der Waals surface area (Å²) in [6, 6.07) is -0.256. The topological polar surface area (TPSA) is 68.5 Å². The predicted molar refractivity (Wildman–Crippen MR) is 87.2 cm³/mol. The lowest BCUT2D eigenvalue weighted by Gasteiger charge is -2.36. The summed E-state index contributed by atoms with van der Waals surface area (Å²) in [5.41, 5.74) is 0. The SMILES string of the molecule is CC(C)c1nnc([C@@H]2COCCN2C(=O)[C@H]2CSCCS2)o1. The zero-order valence-electron chi connectivity index (χ0n) is 12.9. The van der Waals surface area contributed by atoms with Crippen LogP contribution in [0.2, 0.25) is 0 Å². The molecule has 0 unspecified atom stereocenters. The highest BCUT2D eigenvalue weighted by atomic mass is 32.2. The van der Waals surface area contributed by atoms with Gasteiger partial charge in [-0.2, -0.15) is 11.8 Å². The first-order chi connectivity index (χ1) is 10.7. The van der Waals surface area contributed by atoms with E-state index in [1.54, 1.807) is 11.8 Å². The average molecular weight is 343 g/mol. The molecule has 0 aromatic carbocycles. The van der Waals surface area contributed by atoms with E-state index in [9.17, 15) is 4.79 Å². The van der Waals surface area contributed by atoms with Gasteiger partial charge in [0.2, 0.25) is 17.7 Å². The Morgan fingerprint density at radius 2 is 2.23 bits per heavy atom. The van der Waals surface area contributed by atoms with Crippen molar-refractivity contribution in [1.29, 1.82) is 0 Å². The van der Waals surface area contributed by atoms with E-state index in [0.29, 0.717) is 31.5 Å². The van der Waals surface area contributed by atoms with E-state index < -0.39 is 0 Å². The molecule has 8 heteroatoms. The van der Waals surface area contributed by atoms with Gasteiger partial charge in [-0.15, -0.1) is 22.0 Å². The van der Waals surface area contributed by atoms with Crippen molar-refractivity contribution in [2.45, 2.75) is 31.1 Å². The van der Waals surface area contributed by atoms with Gasteiger partial charge in [0.15, 0.2) is 0 Å². The molecule has 22 heavy (non-hydrogen) atoms. The zero-order valence-corrected chi connectivity index (χ0v) is 14.5. The molecule has 6 nitrogen and oxygen atoms in total. The highest BCUT2D eigenvalue weighted by Gasteiger charge is 2.36. The van der Waals surface area contributed by atoms with Crippen LogP contribution < -0.4 is 0 Å². The van der Waals surface area contributed by atoms with Crippen molar-refractivity contribution in [1.82, 2.24) is 15.1 Å². The number of hydrogen-bond acceptors (Lipinski definition) is 7. The second-order valence-corrected chi connectivity index (χ2v) is 8.15. The van der Waals surface area contributed by atoms with E-state index in [2.05, 4.69) is 10.2 Å². The first-order valence-electron chi connectivity index (χ1n) is 7.57. The number of ether oxygens (including phenoxy) is 1. The Morgan fingerprint density at radius 1 is 1.36 bits per heavy atom. The lowest BCUT2D eigenvalue weighted by Crippen LogP contribution is -2.48. The van der Waals surface area contributed by atoms with E-state index in [0.717, 1.165) is 17.3 Å². The van der Waals surface area contributed by atoms with E-state index in [1.165, 1.54) is 0 Å². The van der Waals surface area contributed by atoms with Gasteiger partial charge in [-0.1, -0.05) is 13.8 Å². The second-order valence-electron chi connectivity index (χ2n) is 5.69. The Kier molecular flexibility index (Phi) is 5.30. The molecule has 1 aromatic heterocycles. The number of carbonyl (C=O) groups is 1. The molecule has 2 atom stereocenters. The zero-order chi connectivity index (χ0) is 15.5. The number of carbonyl (C=O) groups excluding carboxylic acids is 1. The highest BCUT2D eigenvalue weighted by molar-refractivity contribution is 8.07. The minimum atomic E-state index is -0.256. The summed E-state index contributed by atoms with van der Waals surface area (Å²) in [5, 5.41) is 8.25. The second kappa shape index (κ2) is 7.23. The van der Waals surface area contributed by atoms with Crippen LogP contribution in [0.5, 0.6) is 0 Å². The van der Waals surface area contributed by atoms with Crippen molar-refractivity contribution < 1.29 is 13.9 Å². The van der Waals surface area contributed by atoms with Gasteiger partial charge in [-0.25, -0.2) is 0 Å². The van der Waals surface area contributed by atoms with Crippen LogP contribution in [0.3, 0.4) is 0 Å². The Morgan fingerprint density at radius 3 is 2.91 bits per heavy atom. The van der Waals surface area contributed by atoms with Gasteiger partial charge in [-0.05, 0) is 0 Å². The molecule has 0 bridgehead atoms. The Bertz CT molecular complexity index is 517. The molecule has 122 valence electrons. The smallest absolute Gasteiger partial charge is 0.241 e. The van der Waals surface area contributed by atoms with Gasteiger partial charge in [-0.3, -0.25) is 4.79 Å². The van der Waals surface area contributed by atoms with E-state index in [4.69, 9.17) is 9.15 Å². The van der Waals surface area contributed by atoms with Gasteiger partial charge in [0.25, 0.3) is 0 Å². The van der Waals surface area contributed by atoms with Crippen LogP contribution >= 0.6 is 23.5 Å². The number of morpholine rings is 1. The maximum atomic E-state index is 12.8. The van der Waals surface area contributed by atoms with Gasteiger partial charge >= 0.3 is 0 Å². The highest BCUT2D eigenvalue weighted by Crippen LogP contribution is 2.30. The maximum Gasteiger partial charge on any atom is 0.241 e. The first-order valence-corrected chi connectivity index (χ1v) is 9.78. The summed E-state index contributed by atoms with van der Waals surface area (Å²) in [7, 11) is 0. The Labute approximate surface area is 138 Å². The molecule has 3 rings (SSSR count). The third-order valence-electron chi connectivity index (χ3n) is 3.74. The van der Waals surface area contributed by atoms with E-state index >= 15 is 0 Å². The number of hydrogen-bond donors (Lipinski definition) is 0. The number of aromatic nitrogens is 2. The molecule has 1 amide bonds. The molecular formula is C14H21N3O3S2. The Balaban J connectivity index is 1.76. The molecule has 2 aliphatic rings. The van der Waals surface area contributed by atoms with Crippen molar-refractivity contribution >= 4 is 29.4 Å². The fourth-order valence-electron chi connectivity index (χ4n) is 2.50. The molecule has 2 fully saturated rings. The summed E-state index contributed by atoms with van der Waals surface area (Å²) in [6.45, 7) is 5.60. The average Bonchev–Trinajstić information content (AvgIpc) is 3.05. The lowest BCUT2D eigenvalue weighted by atomic mass is 10.2. The Hall–Kier alpha value is -0.730. The third-order valence-corrected chi connectivity index (χ3v) is 6.48. The molecule has 2 aliphatic heterocycles. The summed E-state index contributed by atoms with van der Waals surface area (Å²) in [5.74, 6) is 4.50. The molecule has 0 radical (unpaired) electrons. The van der Waals surface area contributed by atoms with Crippen molar-refractivity contribution in [2.24, 2.45) is 0 Å². The lowest BCUT2D eigenvalue weighted by molar-refractivity contribution is -0.140.